The zero-order chi connectivity index (χ0) is 13.0. The van der Waals surface area contributed by atoms with E-state index < -0.39 is 5.69 Å². The fraction of sp³-hybridized carbons (Fsp3) is 0.308. The molecule has 2 rings (SSSR count). The Morgan fingerprint density at radius 2 is 2.17 bits per heavy atom. The summed E-state index contributed by atoms with van der Waals surface area (Å²) in [5, 5.41) is 0. The zero-order valence-corrected chi connectivity index (χ0v) is 10.4. The molecule has 0 aliphatic rings. The van der Waals surface area contributed by atoms with Gasteiger partial charge in [-0.1, -0.05) is 31.5 Å². The van der Waals surface area contributed by atoms with E-state index in [2.05, 4.69) is 27.9 Å². The van der Waals surface area contributed by atoms with E-state index in [1.54, 1.807) is 0 Å². The van der Waals surface area contributed by atoms with E-state index in [1.165, 1.54) is 12.7 Å². The van der Waals surface area contributed by atoms with Crippen molar-refractivity contribution in [2.75, 3.05) is 7.11 Å². The molecule has 0 aliphatic carbocycles. The molecule has 1 N–H and O–H groups in total. The van der Waals surface area contributed by atoms with Crippen molar-refractivity contribution < 1.29 is 4.74 Å². The van der Waals surface area contributed by atoms with Crippen molar-refractivity contribution in [1.82, 2.24) is 15.0 Å². The molecule has 1 aromatic heterocycles. The average molecular weight is 245 g/mol. The van der Waals surface area contributed by atoms with Gasteiger partial charge in [-0.25, -0.2) is 4.79 Å². The van der Waals surface area contributed by atoms with E-state index in [9.17, 15) is 4.79 Å². The maximum absolute atomic E-state index is 11.4. The van der Waals surface area contributed by atoms with Crippen LogP contribution in [0.1, 0.15) is 18.9 Å². The number of benzene rings is 1. The van der Waals surface area contributed by atoms with Crippen LogP contribution in [-0.2, 0) is 6.42 Å². The molecule has 0 aliphatic heterocycles. The lowest BCUT2D eigenvalue weighted by atomic mass is 10.1. The van der Waals surface area contributed by atoms with E-state index in [0.29, 0.717) is 5.82 Å². The van der Waals surface area contributed by atoms with Gasteiger partial charge in [0.15, 0.2) is 0 Å². The van der Waals surface area contributed by atoms with Gasteiger partial charge in [-0.2, -0.15) is 4.98 Å². The van der Waals surface area contributed by atoms with Gasteiger partial charge >= 0.3 is 11.7 Å². The monoisotopic (exact) mass is 245 g/mol. The normalized spacial score (nSPS) is 10.3. The number of hydrogen-bond donors (Lipinski definition) is 1. The van der Waals surface area contributed by atoms with Crippen molar-refractivity contribution in [2.45, 2.75) is 19.8 Å². The van der Waals surface area contributed by atoms with E-state index in [4.69, 9.17) is 4.74 Å². The Bertz CT molecular complexity index is 593. The highest BCUT2D eigenvalue weighted by Crippen LogP contribution is 2.17. The van der Waals surface area contributed by atoms with Crippen molar-refractivity contribution in [2.24, 2.45) is 0 Å². The smallest absolute Gasteiger partial charge is 0.351 e. The lowest BCUT2D eigenvalue weighted by Crippen LogP contribution is -2.14. The van der Waals surface area contributed by atoms with Gasteiger partial charge < -0.3 is 4.74 Å². The molecule has 0 bridgehead atoms. The largest absolute Gasteiger partial charge is 0.467 e. The number of rotatable bonds is 4. The molecule has 1 aromatic carbocycles. The molecular formula is C13H15N3O2. The van der Waals surface area contributed by atoms with E-state index in [0.717, 1.165) is 18.4 Å². The number of hydrogen-bond acceptors (Lipinski definition) is 4. The van der Waals surface area contributed by atoms with Gasteiger partial charge in [0.2, 0.25) is 0 Å². The minimum absolute atomic E-state index is 0.0784. The highest BCUT2D eigenvalue weighted by Gasteiger charge is 2.05. The number of H-pyrrole nitrogens is 1. The van der Waals surface area contributed by atoms with Gasteiger partial charge in [-0.05, 0) is 18.1 Å². The zero-order valence-electron chi connectivity index (χ0n) is 10.4. The van der Waals surface area contributed by atoms with Crippen LogP contribution in [0, 0.1) is 0 Å². The molecule has 0 atom stereocenters. The molecule has 0 radical (unpaired) electrons. The summed E-state index contributed by atoms with van der Waals surface area (Å²) >= 11 is 0. The molecule has 0 saturated heterocycles. The van der Waals surface area contributed by atoms with Crippen LogP contribution in [0.5, 0.6) is 6.01 Å². The summed E-state index contributed by atoms with van der Waals surface area (Å²) in [7, 11) is 1.44. The molecule has 0 amide bonds. The van der Waals surface area contributed by atoms with E-state index in [1.807, 2.05) is 18.2 Å². The molecule has 0 spiro atoms. The molecule has 0 saturated carbocycles. The van der Waals surface area contributed by atoms with Gasteiger partial charge in [-0.3, -0.25) is 4.98 Å². The lowest BCUT2D eigenvalue weighted by Gasteiger charge is -2.04. The standard InChI is InChI=1S/C13H15N3O2/c1-3-5-9-6-4-7-10(8-9)11-14-12(17)16-13(15-11)18-2/h4,6-8H,3,5H2,1-2H3,(H,14,15,16,17). The van der Waals surface area contributed by atoms with Crippen molar-refractivity contribution in [3.05, 3.63) is 40.3 Å². The maximum atomic E-state index is 11.4. The van der Waals surface area contributed by atoms with Crippen LogP contribution in [0.15, 0.2) is 29.1 Å². The second-order valence-electron chi connectivity index (χ2n) is 3.94. The maximum Gasteiger partial charge on any atom is 0.351 e. The summed E-state index contributed by atoms with van der Waals surface area (Å²) in [5.41, 5.74) is 1.62. The highest BCUT2D eigenvalue weighted by molar-refractivity contribution is 5.55. The van der Waals surface area contributed by atoms with Crippen LogP contribution in [0.3, 0.4) is 0 Å². The predicted molar refractivity (Wildman–Crippen MR) is 68.6 cm³/mol. The third kappa shape index (κ3) is 2.74. The van der Waals surface area contributed by atoms with E-state index >= 15 is 0 Å². The number of aromatic nitrogens is 3. The molecular weight excluding hydrogens is 230 g/mol. The highest BCUT2D eigenvalue weighted by atomic mass is 16.5. The molecule has 0 unspecified atom stereocenters. The number of ether oxygens (including phenoxy) is 1. The minimum atomic E-state index is -0.460. The van der Waals surface area contributed by atoms with Gasteiger partial charge in [0.25, 0.3) is 0 Å². The summed E-state index contributed by atoms with van der Waals surface area (Å²) in [6.07, 6.45) is 2.08. The number of methoxy groups -OCH3 is 1. The number of nitrogens with one attached hydrogen (secondary N) is 1. The first-order chi connectivity index (χ1) is 8.72. The average Bonchev–Trinajstić information content (AvgIpc) is 2.39. The quantitative estimate of drug-likeness (QED) is 0.891. The summed E-state index contributed by atoms with van der Waals surface area (Å²) < 4.78 is 4.89. The molecule has 0 fully saturated rings. The second kappa shape index (κ2) is 5.44. The van der Waals surface area contributed by atoms with Crippen molar-refractivity contribution >= 4 is 0 Å². The third-order valence-corrected chi connectivity index (χ3v) is 2.55. The Hall–Kier alpha value is -2.17. The van der Waals surface area contributed by atoms with Crippen molar-refractivity contribution in [1.29, 1.82) is 0 Å². The van der Waals surface area contributed by atoms with Crippen molar-refractivity contribution in [3.8, 4) is 17.4 Å². The van der Waals surface area contributed by atoms with Crippen LogP contribution in [0.25, 0.3) is 11.4 Å². The topological polar surface area (TPSA) is 67.9 Å². The molecule has 94 valence electrons. The van der Waals surface area contributed by atoms with Crippen LogP contribution in [-0.4, -0.2) is 22.1 Å². The van der Waals surface area contributed by atoms with Gasteiger partial charge in [0, 0.05) is 5.56 Å². The number of aryl methyl sites for hydroxylation is 1. The van der Waals surface area contributed by atoms with Crippen LogP contribution in [0.2, 0.25) is 0 Å². The lowest BCUT2D eigenvalue weighted by molar-refractivity contribution is 0.377. The first-order valence-corrected chi connectivity index (χ1v) is 5.84. The molecule has 1 heterocycles. The SMILES string of the molecule is CCCc1cccc(-c2nc(OC)nc(=O)[nH]2)c1. The number of nitrogens with zero attached hydrogens (tertiary/aromatic N) is 2. The summed E-state index contributed by atoms with van der Waals surface area (Å²) in [6, 6.07) is 8.00. The van der Waals surface area contributed by atoms with Crippen LogP contribution < -0.4 is 10.4 Å². The summed E-state index contributed by atoms with van der Waals surface area (Å²) in [4.78, 5) is 21.7. The Morgan fingerprint density at radius 1 is 1.33 bits per heavy atom. The molecule has 2 aromatic rings. The Balaban J connectivity index is 2.44. The Kier molecular flexibility index (Phi) is 3.72. The first-order valence-electron chi connectivity index (χ1n) is 5.84. The fourth-order valence-corrected chi connectivity index (χ4v) is 1.76. The first kappa shape index (κ1) is 12.3. The fourth-order valence-electron chi connectivity index (χ4n) is 1.76. The third-order valence-electron chi connectivity index (χ3n) is 2.55. The van der Waals surface area contributed by atoms with Crippen molar-refractivity contribution in [3.63, 3.8) is 0 Å². The van der Waals surface area contributed by atoms with Crippen LogP contribution in [0.4, 0.5) is 0 Å². The minimum Gasteiger partial charge on any atom is -0.467 e. The predicted octanol–water partition coefficient (Wildman–Crippen LogP) is 1.79. The van der Waals surface area contributed by atoms with Gasteiger partial charge in [0.05, 0.1) is 7.11 Å². The van der Waals surface area contributed by atoms with Crippen LogP contribution >= 0.6 is 0 Å². The van der Waals surface area contributed by atoms with E-state index in [-0.39, 0.29) is 6.01 Å². The molecule has 5 heteroatoms. The van der Waals surface area contributed by atoms with Gasteiger partial charge in [0.1, 0.15) is 5.82 Å². The molecule has 5 nitrogen and oxygen atoms in total. The van der Waals surface area contributed by atoms with Gasteiger partial charge in [-0.15, -0.1) is 4.98 Å². The summed E-state index contributed by atoms with van der Waals surface area (Å²) in [6.45, 7) is 2.13. The second-order valence-corrected chi connectivity index (χ2v) is 3.94. The Morgan fingerprint density at radius 3 is 2.89 bits per heavy atom. The number of aromatic amines is 1. The Labute approximate surface area is 105 Å². The molecule has 18 heavy (non-hydrogen) atoms. The summed E-state index contributed by atoms with van der Waals surface area (Å²) in [5.74, 6) is 0.477.